The maximum Gasteiger partial charge on any atom is 0.121 e. The van der Waals surface area contributed by atoms with Crippen molar-refractivity contribution in [2.24, 2.45) is 5.73 Å². The maximum absolute atomic E-state index is 5.65. The predicted octanol–water partition coefficient (Wildman–Crippen LogP) is 1.46. The Morgan fingerprint density at radius 1 is 1.69 bits per heavy atom. The van der Waals surface area contributed by atoms with E-state index < -0.39 is 0 Å². The molecule has 1 atom stereocenters. The van der Waals surface area contributed by atoms with Crippen molar-refractivity contribution in [3.05, 3.63) is 36.3 Å². The van der Waals surface area contributed by atoms with Gasteiger partial charge in [-0.15, -0.1) is 0 Å². The molecule has 0 saturated carbocycles. The predicted molar refractivity (Wildman–Crippen MR) is 64.1 cm³/mol. The van der Waals surface area contributed by atoms with Crippen LogP contribution in [0.4, 0.5) is 0 Å². The minimum absolute atomic E-state index is 0.0587. The lowest BCUT2D eigenvalue weighted by molar-refractivity contribution is 0.154. The third-order valence-corrected chi connectivity index (χ3v) is 2.11. The van der Waals surface area contributed by atoms with Crippen LogP contribution in [0.3, 0.4) is 0 Å². The SMILES string of the molecule is C=C(C)COCCNC(CN)c1ccco1. The Balaban J connectivity index is 2.18. The molecular weight excluding hydrogens is 204 g/mol. The molecule has 0 aromatic carbocycles. The first kappa shape index (κ1) is 13.0. The van der Waals surface area contributed by atoms with Crippen LogP contribution in [0.2, 0.25) is 0 Å². The van der Waals surface area contributed by atoms with E-state index in [0.29, 0.717) is 19.8 Å². The normalized spacial score (nSPS) is 12.6. The van der Waals surface area contributed by atoms with Gasteiger partial charge in [-0.05, 0) is 19.1 Å². The number of ether oxygens (including phenoxy) is 1. The molecule has 1 heterocycles. The van der Waals surface area contributed by atoms with E-state index in [1.54, 1.807) is 6.26 Å². The Bertz CT molecular complexity index is 296. The summed E-state index contributed by atoms with van der Waals surface area (Å²) in [6, 6.07) is 3.83. The number of nitrogens with one attached hydrogen (secondary N) is 1. The van der Waals surface area contributed by atoms with Gasteiger partial charge in [-0.1, -0.05) is 12.2 Å². The highest BCUT2D eigenvalue weighted by Crippen LogP contribution is 2.11. The summed E-state index contributed by atoms with van der Waals surface area (Å²) in [5.74, 6) is 0.863. The smallest absolute Gasteiger partial charge is 0.121 e. The largest absolute Gasteiger partial charge is 0.468 e. The lowest BCUT2D eigenvalue weighted by Crippen LogP contribution is -2.30. The van der Waals surface area contributed by atoms with Crippen molar-refractivity contribution < 1.29 is 9.15 Å². The lowest BCUT2D eigenvalue weighted by atomic mass is 10.2. The highest BCUT2D eigenvalue weighted by Gasteiger charge is 2.10. The Labute approximate surface area is 96.5 Å². The summed E-state index contributed by atoms with van der Waals surface area (Å²) in [6.45, 7) is 8.21. The summed E-state index contributed by atoms with van der Waals surface area (Å²) in [7, 11) is 0. The monoisotopic (exact) mass is 224 g/mol. The van der Waals surface area contributed by atoms with Crippen molar-refractivity contribution in [1.29, 1.82) is 0 Å². The Morgan fingerprint density at radius 3 is 3.06 bits per heavy atom. The zero-order chi connectivity index (χ0) is 11.8. The first-order valence-corrected chi connectivity index (χ1v) is 5.43. The molecule has 0 radical (unpaired) electrons. The van der Waals surface area contributed by atoms with Gasteiger partial charge < -0.3 is 20.2 Å². The number of rotatable bonds is 8. The van der Waals surface area contributed by atoms with Crippen molar-refractivity contribution in [2.45, 2.75) is 13.0 Å². The van der Waals surface area contributed by atoms with E-state index in [0.717, 1.165) is 17.9 Å². The van der Waals surface area contributed by atoms with E-state index in [1.165, 1.54) is 0 Å². The molecule has 0 aliphatic heterocycles. The molecular formula is C12H20N2O2. The number of hydrogen-bond donors (Lipinski definition) is 2. The molecule has 0 amide bonds. The van der Waals surface area contributed by atoms with Gasteiger partial charge in [0.2, 0.25) is 0 Å². The molecule has 0 fully saturated rings. The van der Waals surface area contributed by atoms with Gasteiger partial charge >= 0.3 is 0 Å². The van der Waals surface area contributed by atoms with Crippen molar-refractivity contribution >= 4 is 0 Å². The average molecular weight is 224 g/mol. The average Bonchev–Trinajstić information content (AvgIpc) is 2.76. The van der Waals surface area contributed by atoms with Gasteiger partial charge in [0, 0.05) is 13.1 Å². The Morgan fingerprint density at radius 2 is 2.50 bits per heavy atom. The molecule has 0 bridgehead atoms. The van der Waals surface area contributed by atoms with Crippen molar-refractivity contribution in [1.82, 2.24) is 5.32 Å². The molecule has 1 rings (SSSR count). The molecule has 16 heavy (non-hydrogen) atoms. The fraction of sp³-hybridized carbons (Fsp3) is 0.500. The molecule has 4 nitrogen and oxygen atoms in total. The molecule has 4 heteroatoms. The highest BCUT2D eigenvalue weighted by molar-refractivity contribution is 5.04. The standard InChI is InChI=1S/C12H20N2O2/c1-10(2)9-15-7-5-14-11(8-13)12-4-3-6-16-12/h3-4,6,11,14H,1,5,7-9,13H2,2H3. The van der Waals surface area contributed by atoms with E-state index in [9.17, 15) is 0 Å². The van der Waals surface area contributed by atoms with Crippen LogP contribution in [0.1, 0.15) is 18.7 Å². The lowest BCUT2D eigenvalue weighted by Gasteiger charge is -2.14. The van der Waals surface area contributed by atoms with Crippen molar-refractivity contribution in [2.75, 3.05) is 26.3 Å². The van der Waals surface area contributed by atoms with Crippen molar-refractivity contribution in [3.63, 3.8) is 0 Å². The summed E-state index contributed by atoms with van der Waals surface area (Å²) in [5, 5.41) is 3.27. The summed E-state index contributed by atoms with van der Waals surface area (Å²) in [4.78, 5) is 0. The fourth-order valence-corrected chi connectivity index (χ4v) is 1.34. The van der Waals surface area contributed by atoms with Crippen LogP contribution < -0.4 is 11.1 Å². The van der Waals surface area contributed by atoms with Crippen LogP contribution in [0.5, 0.6) is 0 Å². The van der Waals surface area contributed by atoms with Gasteiger partial charge in [0.05, 0.1) is 25.5 Å². The summed E-state index contributed by atoms with van der Waals surface area (Å²) >= 11 is 0. The van der Waals surface area contributed by atoms with Gasteiger partial charge in [-0.25, -0.2) is 0 Å². The van der Waals surface area contributed by atoms with Crippen LogP contribution in [0, 0.1) is 0 Å². The molecule has 3 N–H and O–H groups in total. The molecule has 1 unspecified atom stereocenters. The molecule has 90 valence electrons. The molecule has 1 aromatic heterocycles. The van der Waals surface area contributed by atoms with Gasteiger partial charge in [-0.2, -0.15) is 0 Å². The van der Waals surface area contributed by atoms with Crippen LogP contribution in [-0.2, 0) is 4.74 Å². The molecule has 0 spiro atoms. The fourth-order valence-electron chi connectivity index (χ4n) is 1.34. The van der Waals surface area contributed by atoms with Crippen LogP contribution in [0.25, 0.3) is 0 Å². The van der Waals surface area contributed by atoms with Gasteiger partial charge in [0.15, 0.2) is 0 Å². The molecule has 0 aliphatic carbocycles. The zero-order valence-corrected chi connectivity index (χ0v) is 9.74. The Hall–Kier alpha value is -1.10. The molecule has 0 aliphatic rings. The number of furan rings is 1. The van der Waals surface area contributed by atoms with Gasteiger partial charge in [-0.3, -0.25) is 0 Å². The second-order valence-electron chi connectivity index (χ2n) is 3.77. The zero-order valence-electron chi connectivity index (χ0n) is 9.74. The van der Waals surface area contributed by atoms with Gasteiger partial charge in [0.1, 0.15) is 5.76 Å². The topological polar surface area (TPSA) is 60.4 Å². The maximum atomic E-state index is 5.65. The molecule has 0 saturated heterocycles. The Kier molecular flexibility index (Phi) is 5.85. The second-order valence-corrected chi connectivity index (χ2v) is 3.77. The van der Waals surface area contributed by atoms with Gasteiger partial charge in [0.25, 0.3) is 0 Å². The van der Waals surface area contributed by atoms with Crippen LogP contribution in [-0.4, -0.2) is 26.3 Å². The van der Waals surface area contributed by atoms with Crippen molar-refractivity contribution in [3.8, 4) is 0 Å². The van der Waals surface area contributed by atoms with E-state index in [4.69, 9.17) is 14.9 Å². The molecule has 1 aromatic rings. The van der Waals surface area contributed by atoms with E-state index >= 15 is 0 Å². The summed E-state index contributed by atoms with van der Waals surface area (Å²) in [5.41, 5.74) is 6.68. The van der Waals surface area contributed by atoms with E-state index in [-0.39, 0.29) is 6.04 Å². The van der Waals surface area contributed by atoms with E-state index in [1.807, 2.05) is 19.1 Å². The van der Waals surface area contributed by atoms with Crippen LogP contribution >= 0.6 is 0 Å². The minimum atomic E-state index is 0.0587. The quantitative estimate of drug-likeness (QED) is 0.518. The first-order chi connectivity index (χ1) is 7.74. The minimum Gasteiger partial charge on any atom is -0.468 e. The van der Waals surface area contributed by atoms with E-state index in [2.05, 4.69) is 11.9 Å². The summed E-state index contributed by atoms with van der Waals surface area (Å²) in [6.07, 6.45) is 1.65. The number of nitrogens with two attached hydrogens (primary N) is 1. The first-order valence-electron chi connectivity index (χ1n) is 5.43. The number of hydrogen-bond acceptors (Lipinski definition) is 4. The second kappa shape index (κ2) is 7.22. The summed E-state index contributed by atoms with van der Waals surface area (Å²) < 4.78 is 10.7. The van der Waals surface area contributed by atoms with Crippen LogP contribution in [0.15, 0.2) is 35.0 Å². The third-order valence-electron chi connectivity index (χ3n) is 2.11. The highest BCUT2D eigenvalue weighted by atomic mass is 16.5. The third kappa shape index (κ3) is 4.61.